The summed E-state index contributed by atoms with van der Waals surface area (Å²) >= 11 is 0. The van der Waals surface area contributed by atoms with Crippen molar-refractivity contribution in [3.8, 4) is 11.5 Å². The second-order valence-corrected chi connectivity index (χ2v) is 7.01. The van der Waals surface area contributed by atoms with Gasteiger partial charge in [-0.15, -0.1) is 0 Å². The number of hydrogen-bond donors (Lipinski definition) is 0. The predicted molar refractivity (Wildman–Crippen MR) is 99.6 cm³/mol. The van der Waals surface area contributed by atoms with Crippen LogP contribution in [0.4, 0.5) is 0 Å². The second kappa shape index (κ2) is 9.24. The Hall–Kier alpha value is -1.79. The first kappa shape index (κ1) is 19.0. The average Bonchev–Trinajstić information content (AvgIpc) is 3.20. The minimum Gasteiger partial charge on any atom is -0.497 e. The first-order chi connectivity index (χ1) is 12.7. The summed E-state index contributed by atoms with van der Waals surface area (Å²) < 4.78 is 16.4. The zero-order valence-electron chi connectivity index (χ0n) is 15.9. The molecule has 2 aliphatic heterocycles. The van der Waals surface area contributed by atoms with Gasteiger partial charge in [0.1, 0.15) is 11.5 Å². The van der Waals surface area contributed by atoms with E-state index in [4.69, 9.17) is 14.2 Å². The Morgan fingerprint density at radius 3 is 2.65 bits per heavy atom. The number of carbonyl (C=O) groups is 1. The Balaban J connectivity index is 1.46. The molecule has 0 aromatic heterocycles. The van der Waals surface area contributed by atoms with Crippen LogP contribution in [-0.2, 0) is 16.1 Å². The van der Waals surface area contributed by atoms with E-state index in [1.807, 2.05) is 23.1 Å². The third-order valence-corrected chi connectivity index (χ3v) is 5.31. The maximum atomic E-state index is 12.4. The molecule has 0 spiro atoms. The lowest BCUT2D eigenvalue weighted by Crippen LogP contribution is -2.48. The highest BCUT2D eigenvalue weighted by molar-refractivity contribution is 5.76. The van der Waals surface area contributed by atoms with E-state index >= 15 is 0 Å². The summed E-state index contributed by atoms with van der Waals surface area (Å²) in [5.74, 6) is 1.98. The fourth-order valence-corrected chi connectivity index (χ4v) is 3.72. The summed E-state index contributed by atoms with van der Waals surface area (Å²) in [6, 6.07) is 5.88. The van der Waals surface area contributed by atoms with E-state index in [0.717, 1.165) is 75.7 Å². The minimum absolute atomic E-state index is 0.263. The highest BCUT2D eigenvalue weighted by Gasteiger charge is 2.23. The zero-order valence-corrected chi connectivity index (χ0v) is 15.9. The van der Waals surface area contributed by atoms with Crippen LogP contribution >= 0.6 is 0 Å². The lowest BCUT2D eigenvalue weighted by molar-refractivity contribution is -0.133. The molecule has 0 radical (unpaired) electrons. The number of ether oxygens (including phenoxy) is 3. The van der Waals surface area contributed by atoms with Gasteiger partial charge in [0.25, 0.3) is 0 Å². The Morgan fingerprint density at radius 2 is 2.00 bits per heavy atom. The Bertz CT molecular complexity index is 593. The molecule has 2 aliphatic rings. The minimum atomic E-state index is 0.263. The Labute approximate surface area is 156 Å². The molecule has 2 heterocycles. The normalized spacial score (nSPS) is 21.0. The van der Waals surface area contributed by atoms with Gasteiger partial charge < -0.3 is 19.1 Å². The van der Waals surface area contributed by atoms with Crippen LogP contribution in [0.1, 0.15) is 31.2 Å². The van der Waals surface area contributed by atoms with E-state index in [1.54, 1.807) is 14.2 Å². The number of carbonyl (C=O) groups excluding carboxylic acids is 1. The highest BCUT2D eigenvalue weighted by Crippen LogP contribution is 2.26. The summed E-state index contributed by atoms with van der Waals surface area (Å²) in [6.45, 7) is 4.99. The van der Waals surface area contributed by atoms with Crippen LogP contribution in [0.15, 0.2) is 18.2 Å². The van der Waals surface area contributed by atoms with Crippen LogP contribution in [0, 0.1) is 0 Å². The summed E-state index contributed by atoms with van der Waals surface area (Å²) in [4.78, 5) is 16.8. The standard InChI is InChI=1S/C20H30N2O4/c1-24-18-5-7-19(25-2)16(14-18)15-21-9-11-22(12-10-21)20(23)8-6-17-4-3-13-26-17/h5,7,14,17H,3-4,6,8-13,15H2,1-2H3. The van der Waals surface area contributed by atoms with Crippen LogP contribution in [0.5, 0.6) is 11.5 Å². The molecule has 0 N–H and O–H groups in total. The molecule has 3 rings (SSSR count). The average molecular weight is 362 g/mol. The molecule has 1 atom stereocenters. The molecule has 0 saturated carbocycles. The third-order valence-electron chi connectivity index (χ3n) is 5.31. The molecule has 144 valence electrons. The van der Waals surface area contributed by atoms with Crippen LogP contribution in [-0.4, -0.2) is 68.8 Å². The first-order valence-corrected chi connectivity index (χ1v) is 9.52. The molecule has 0 aliphatic carbocycles. The third kappa shape index (κ3) is 4.89. The SMILES string of the molecule is COc1ccc(OC)c(CN2CCN(C(=O)CCC3CCCO3)CC2)c1. The number of nitrogens with zero attached hydrogens (tertiary/aromatic N) is 2. The predicted octanol–water partition coefficient (Wildman–Crippen LogP) is 2.31. The van der Waals surface area contributed by atoms with Crippen LogP contribution < -0.4 is 9.47 Å². The van der Waals surface area contributed by atoms with E-state index in [0.29, 0.717) is 12.5 Å². The van der Waals surface area contributed by atoms with Gasteiger partial charge in [-0.3, -0.25) is 9.69 Å². The molecular weight excluding hydrogens is 332 g/mol. The summed E-state index contributed by atoms with van der Waals surface area (Å²) in [5.41, 5.74) is 1.12. The van der Waals surface area contributed by atoms with E-state index < -0.39 is 0 Å². The maximum Gasteiger partial charge on any atom is 0.222 e. The van der Waals surface area contributed by atoms with Crippen molar-refractivity contribution in [1.29, 1.82) is 0 Å². The van der Waals surface area contributed by atoms with E-state index in [1.165, 1.54) is 0 Å². The number of amides is 1. The van der Waals surface area contributed by atoms with Gasteiger partial charge in [-0.1, -0.05) is 0 Å². The van der Waals surface area contributed by atoms with Gasteiger partial charge >= 0.3 is 0 Å². The zero-order chi connectivity index (χ0) is 18.4. The van der Waals surface area contributed by atoms with Crippen molar-refractivity contribution in [1.82, 2.24) is 9.80 Å². The topological polar surface area (TPSA) is 51.2 Å². The van der Waals surface area contributed by atoms with Crippen molar-refractivity contribution in [2.75, 3.05) is 47.0 Å². The van der Waals surface area contributed by atoms with Crippen LogP contribution in [0.2, 0.25) is 0 Å². The summed E-state index contributed by atoms with van der Waals surface area (Å²) in [7, 11) is 3.36. The van der Waals surface area contributed by atoms with Crippen molar-refractivity contribution in [2.45, 2.75) is 38.3 Å². The van der Waals surface area contributed by atoms with Gasteiger partial charge in [-0.25, -0.2) is 0 Å². The van der Waals surface area contributed by atoms with Gasteiger partial charge in [0.05, 0.1) is 20.3 Å². The lowest BCUT2D eigenvalue weighted by Gasteiger charge is -2.35. The largest absolute Gasteiger partial charge is 0.497 e. The van der Waals surface area contributed by atoms with E-state index in [-0.39, 0.29) is 5.91 Å². The monoisotopic (exact) mass is 362 g/mol. The highest BCUT2D eigenvalue weighted by atomic mass is 16.5. The molecule has 1 amide bonds. The second-order valence-electron chi connectivity index (χ2n) is 7.01. The quantitative estimate of drug-likeness (QED) is 0.745. The number of benzene rings is 1. The van der Waals surface area contributed by atoms with Crippen LogP contribution in [0.25, 0.3) is 0 Å². The maximum absolute atomic E-state index is 12.4. The molecule has 2 saturated heterocycles. The number of rotatable bonds is 7. The Kier molecular flexibility index (Phi) is 6.74. The van der Waals surface area contributed by atoms with Crippen molar-refractivity contribution < 1.29 is 19.0 Å². The molecular formula is C20H30N2O4. The number of methoxy groups -OCH3 is 2. The summed E-state index contributed by atoms with van der Waals surface area (Å²) in [6.07, 6.45) is 3.99. The number of hydrogen-bond acceptors (Lipinski definition) is 5. The first-order valence-electron chi connectivity index (χ1n) is 9.52. The van der Waals surface area contributed by atoms with Gasteiger partial charge in [0.15, 0.2) is 0 Å². The molecule has 26 heavy (non-hydrogen) atoms. The fourth-order valence-electron chi connectivity index (χ4n) is 3.72. The molecule has 2 fully saturated rings. The van der Waals surface area contributed by atoms with Gasteiger partial charge in [-0.05, 0) is 37.5 Å². The molecule has 6 heteroatoms. The Morgan fingerprint density at radius 1 is 1.19 bits per heavy atom. The fraction of sp³-hybridized carbons (Fsp3) is 0.650. The molecule has 6 nitrogen and oxygen atoms in total. The van der Waals surface area contributed by atoms with Crippen LogP contribution in [0.3, 0.4) is 0 Å². The van der Waals surface area contributed by atoms with Crippen molar-refractivity contribution in [3.63, 3.8) is 0 Å². The lowest BCUT2D eigenvalue weighted by atomic mass is 10.1. The molecule has 1 aromatic rings. The van der Waals surface area contributed by atoms with Crippen molar-refractivity contribution in [3.05, 3.63) is 23.8 Å². The van der Waals surface area contributed by atoms with Crippen molar-refractivity contribution in [2.24, 2.45) is 0 Å². The van der Waals surface area contributed by atoms with E-state index in [2.05, 4.69) is 4.90 Å². The van der Waals surface area contributed by atoms with Gasteiger partial charge in [0, 0.05) is 51.3 Å². The van der Waals surface area contributed by atoms with E-state index in [9.17, 15) is 4.79 Å². The molecule has 1 unspecified atom stereocenters. The van der Waals surface area contributed by atoms with Gasteiger partial charge in [-0.2, -0.15) is 0 Å². The molecule has 0 bridgehead atoms. The van der Waals surface area contributed by atoms with Gasteiger partial charge in [0.2, 0.25) is 5.91 Å². The summed E-state index contributed by atoms with van der Waals surface area (Å²) in [5, 5.41) is 0. The smallest absolute Gasteiger partial charge is 0.222 e. The van der Waals surface area contributed by atoms with Crippen molar-refractivity contribution >= 4 is 5.91 Å². The number of piperazine rings is 1. The molecule has 1 aromatic carbocycles.